The molecule has 1 N–H and O–H groups in total. The third-order valence-electron chi connectivity index (χ3n) is 3.47. The molecule has 1 aliphatic rings. The van der Waals surface area contributed by atoms with Crippen LogP contribution in [0.4, 0.5) is 0 Å². The molecular weight excluding hydrogens is 174 g/mol. The summed E-state index contributed by atoms with van der Waals surface area (Å²) in [5.74, 6) is 0.944. The first kappa shape index (κ1) is 12.0. The highest BCUT2D eigenvalue weighted by Gasteiger charge is 2.26. The Morgan fingerprint density at radius 1 is 1.36 bits per heavy atom. The number of hydrogen-bond acceptors (Lipinski definition) is 2. The van der Waals surface area contributed by atoms with Crippen LogP contribution in [0.25, 0.3) is 0 Å². The number of hydrogen-bond donors (Lipinski definition) is 1. The van der Waals surface area contributed by atoms with E-state index in [-0.39, 0.29) is 0 Å². The SMILES string of the molecule is CCNC(CCC(C)OC)C1CCC1. The molecule has 0 aromatic rings. The van der Waals surface area contributed by atoms with E-state index in [9.17, 15) is 0 Å². The molecule has 1 saturated carbocycles. The molecule has 0 aromatic heterocycles. The van der Waals surface area contributed by atoms with Gasteiger partial charge in [0.25, 0.3) is 0 Å². The van der Waals surface area contributed by atoms with Crippen LogP contribution >= 0.6 is 0 Å². The maximum atomic E-state index is 5.28. The minimum atomic E-state index is 0.413. The van der Waals surface area contributed by atoms with Gasteiger partial charge in [0.05, 0.1) is 6.10 Å². The van der Waals surface area contributed by atoms with E-state index in [4.69, 9.17) is 4.74 Å². The number of methoxy groups -OCH3 is 1. The molecule has 1 aliphatic carbocycles. The van der Waals surface area contributed by atoms with E-state index in [1.54, 1.807) is 7.11 Å². The Balaban J connectivity index is 2.20. The summed E-state index contributed by atoms with van der Waals surface area (Å²) in [6.45, 7) is 5.46. The first-order valence-electron chi connectivity index (χ1n) is 6.04. The molecule has 0 aromatic carbocycles. The Morgan fingerprint density at radius 2 is 2.07 bits per heavy atom. The van der Waals surface area contributed by atoms with Crippen LogP contribution in [0, 0.1) is 5.92 Å². The van der Waals surface area contributed by atoms with Crippen LogP contribution in [-0.4, -0.2) is 25.8 Å². The molecule has 84 valence electrons. The van der Waals surface area contributed by atoms with Crippen LogP contribution in [0.1, 0.15) is 46.0 Å². The Morgan fingerprint density at radius 3 is 2.50 bits per heavy atom. The van der Waals surface area contributed by atoms with Crippen molar-refractivity contribution in [2.75, 3.05) is 13.7 Å². The normalized spacial score (nSPS) is 21.6. The van der Waals surface area contributed by atoms with Crippen LogP contribution in [0.5, 0.6) is 0 Å². The zero-order chi connectivity index (χ0) is 10.4. The average Bonchev–Trinajstić information content (AvgIpc) is 2.11. The lowest BCUT2D eigenvalue weighted by Crippen LogP contribution is -2.39. The van der Waals surface area contributed by atoms with Crippen LogP contribution in [-0.2, 0) is 4.74 Å². The van der Waals surface area contributed by atoms with E-state index in [0.717, 1.165) is 18.5 Å². The van der Waals surface area contributed by atoms with Gasteiger partial charge >= 0.3 is 0 Å². The molecule has 0 heterocycles. The second-order valence-electron chi connectivity index (χ2n) is 4.48. The maximum absolute atomic E-state index is 5.28. The summed E-state index contributed by atoms with van der Waals surface area (Å²) in [6.07, 6.45) is 7.17. The molecule has 0 bridgehead atoms. The van der Waals surface area contributed by atoms with Gasteiger partial charge in [-0.15, -0.1) is 0 Å². The summed E-state index contributed by atoms with van der Waals surface area (Å²) in [4.78, 5) is 0. The van der Waals surface area contributed by atoms with Gasteiger partial charge in [-0.3, -0.25) is 0 Å². The molecule has 0 aliphatic heterocycles. The first-order valence-corrected chi connectivity index (χ1v) is 6.04. The Bertz CT molecular complexity index is 145. The summed E-state index contributed by atoms with van der Waals surface area (Å²) in [5, 5.41) is 3.61. The summed E-state index contributed by atoms with van der Waals surface area (Å²) in [6, 6.07) is 0.742. The van der Waals surface area contributed by atoms with Crippen LogP contribution < -0.4 is 5.32 Å². The molecule has 2 nitrogen and oxygen atoms in total. The predicted molar refractivity (Wildman–Crippen MR) is 60.5 cm³/mol. The highest BCUT2D eigenvalue weighted by molar-refractivity contribution is 4.82. The van der Waals surface area contributed by atoms with E-state index >= 15 is 0 Å². The Hall–Kier alpha value is -0.0800. The van der Waals surface area contributed by atoms with E-state index in [1.807, 2.05) is 0 Å². The maximum Gasteiger partial charge on any atom is 0.0543 e. The van der Waals surface area contributed by atoms with Crippen molar-refractivity contribution >= 4 is 0 Å². The molecule has 2 heteroatoms. The predicted octanol–water partition coefficient (Wildman–Crippen LogP) is 2.58. The summed E-state index contributed by atoms with van der Waals surface area (Å²) < 4.78 is 5.28. The van der Waals surface area contributed by atoms with Crippen LogP contribution in [0.3, 0.4) is 0 Å². The smallest absolute Gasteiger partial charge is 0.0543 e. The molecule has 0 spiro atoms. The van der Waals surface area contributed by atoms with Crippen molar-refractivity contribution in [3.05, 3.63) is 0 Å². The largest absolute Gasteiger partial charge is 0.382 e. The summed E-state index contributed by atoms with van der Waals surface area (Å²) >= 11 is 0. The standard InChI is InChI=1S/C12H25NO/c1-4-13-12(11-6-5-7-11)9-8-10(2)14-3/h10-13H,4-9H2,1-3H3. The van der Waals surface area contributed by atoms with Crippen molar-refractivity contribution in [2.24, 2.45) is 5.92 Å². The first-order chi connectivity index (χ1) is 6.77. The van der Waals surface area contributed by atoms with Gasteiger partial charge in [-0.05, 0) is 45.1 Å². The zero-order valence-corrected chi connectivity index (χ0v) is 9.88. The van der Waals surface area contributed by atoms with Crippen molar-refractivity contribution in [1.29, 1.82) is 0 Å². The lowest BCUT2D eigenvalue weighted by atomic mass is 9.78. The van der Waals surface area contributed by atoms with Gasteiger partial charge in [0.2, 0.25) is 0 Å². The summed E-state index contributed by atoms with van der Waals surface area (Å²) in [7, 11) is 1.80. The topological polar surface area (TPSA) is 21.3 Å². The minimum Gasteiger partial charge on any atom is -0.382 e. The molecule has 1 rings (SSSR count). The third-order valence-corrected chi connectivity index (χ3v) is 3.47. The fourth-order valence-corrected chi connectivity index (χ4v) is 2.14. The molecular formula is C12H25NO. The molecule has 2 atom stereocenters. The average molecular weight is 199 g/mol. The van der Waals surface area contributed by atoms with Gasteiger partial charge in [0.1, 0.15) is 0 Å². The second kappa shape index (κ2) is 6.41. The van der Waals surface area contributed by atoms with E-state index in [2.05, 4.69) is 19.2 Å². The monoisotopic (exact) mass is 199 g/mol. The number of nitrogens with one attached hydrogen (secondary N) is 1. The van der Waals surface area contributed by atoms with E-state index < -0.39 is 0 Å². The van der Waals surface area contributed by atoms with Gasteiger partial charge in [0, 0.05) is 13.2 Å². The fourth-order valence-electron chi connectivity index (χ4n) is 2.14. The van der Waals surface area contributed by atoms with Gasteiger partial charge < -0.3 is 10.1 Å². The molecule has 14 heavy (non-hydrogen) atoms. The molecule has 1 fully saturated rings. The van der Waals surface area contributed by atoms with Crippen molar-refractivity contribution in [2.45, 2.75) is 58.1 Å². The third kappa shape index (κ3) is 3.58. The quantitative estimate of drug-likeness (QED) is 0.680. The molecule has 0 saturated heterocycles. The molecule has 0 amide bonds. The lowest BCUT2D eigenvalue weighted by Gasteiger charge is -2.34. The van der Waals surface area contributed by atoms with Gasteiger partial charge in [-0.1, -0.05) is 13.3 Å². The zero-order valence-electron chi connectivity index (χ0n) is 9.88. The van der Waals surface area contributed by atoms with Crippen molar-refractivity contribution in [3.8, 4) is 0 Å². The fraction of sp³-hybridized carbons (Fsp3) is 1.00. The van der Waals surface area contributed by atoms with Gasteiger partial charge in [-0.2, -0.15) is 0 Å². The Labute approximate surface area is 88.4 Å². The van der Waals surface area contributed by atoms with Crippen LogP contribution in [0.15, 0.2) is 0 Å². The van der Waals surface area contributed by atoms with E-state index in [0.29, 0.717) is 6.10 Å². The van der Waals surface area contributed by atoms with Crippen molar-refractivity contribution in [1.82, 2.24) is 5.32 Å². The van der Waals surface area contributed by atoms with Gasteiger partial charge in [-0.25, -0.2) is 0 Å². The lowest BCUT2D eigenvalue weighted by molar-refractivity contribution is 0.0989. The van der Waals surface area contributed by atoms with Crippen molar-refractivity contribution in [3.63, 3.8) is 0 Å². The minimum absolute atomic E-state index is 0.413. The summed E-state index contributed by atoms with van der Waals surface area (Å²) in [5.41, 5.74) is 0. The van der Waals surface area contributed by atoms with Crippen LogP contribution in [0.2, 0.25) is 0 Å². The molecule has 0 radical (unpaired) electrons. The van der Waals surface area contributed by atoms with Crippen molar-refractivity contribution < 1.29 is 4.74 Å². The highest BCUT2D eigenvalue weighted by atomic mass is 16.5. The van der Waals surface area contributed by atoms with Gasteiger partial charge in [0.15, 0.2) is 0 Å². The second-order valence-corrected chi connectivity index (χ2v) is 4.48. The highest BCUT2D eigenvalue weighted by Crippen LogP contribution is 2.31. The van der Waals surface area contributed by atoms with E-state index in [1.165, 1.54) is 32.1 Å². The Kier molecular flexibility index (Phi) is 5.49. The number of rotatable bonds is 7. The number of ether oxygens (including phenoxy) is 1. The molecule has 2 unspecified atom stereocenters.